The highest BCUT2D eigenvalue weighted by molar-refractivity contribution is 7.99. The van der Waals surface area contributed by atoms with E-state index in [1.807, 2.05) is 42.2 Å². The second-order valence-electron chi connectivity index (χ2n) is 4.67. The van der Waals surface area contributed by atoms with Crippen LogP contribution < -0.4 is 5.32 Å². The normalized spacial score (nSPS) is 19.9. The molecule has 0 spiro atoms. The number of carbonyl (C=O) groups excluding carboxylic acids is 1. The lowest BCUT2D eigenvalue weighted by molar-refractivity contribution is 0.0939. The predicted octanol–water partition coefficient (Wildman–Crippen LogP) is 2.79. The van der Waals surface area contributed by atoms with E-state index >= 15 is 0 Å². The second kappa shape index (κ2) is 5.06. The maximum Gasteiger partial charge on any atom is 0.251 e. The molecule has 0 radical (unpaired) electrons. The van der Waals surface area contributed by atoms with Crippen molar-refractivity contribution < 1.29 is 4.79 Å². The summed E-state index contributed by atoms with van der Waals surface area (Å²) in [7, 11) is 0. The average molecular weight is 260 g/mol. The van der Waals surface area contributed by atoms with Gasteiger partial charge in [0.15, 0.2) is 0 Å². The first-order valence-corrected chi connectivity index (χ1v) is 7.44. The van der Waals surface area contributed by atoms with Crippen molar-refractivity contribution in [3.05, 3.63) is 36.0 Å². The highest BCUT2D eigenvalue weighted by Crippen LogP contribution is 2.18. The third-order valence-electron chi connectivity index (χ3n) is 3.31. The Morgan fingerprint density at radius 3 is 3.17 bits per heavy atom. The lowest BCUT2D eigenvalue weighted by Crippen LogP contribution is -2.38. The number of H-pyrrole nitrogens is 1. The SMILES string of the molecule is O=C(NC1CCCSC1)c1ccc2[nH]ccc2c1. The van der Waals surface area contributed by atoms with Crippen molar-refractivity contribution in [1.82, 2.24) is 10.3 Å². The van der Waals surface area contributed by atoms with Gasteiger partial charge in [0.1, 0.15) is 0 Å². The first-order chi connectivity index (χ1) is 8.83. The molecular formula is C14H16N2OS. The van der Waals surface area contributed by atoms with Crippen LogP contribution in [0.5, 0.6) is 0 Å². The van der Waals surface area contributed by atoms with Crippen molar-refractivity contribution >= 4 is 28.6 Å². The Bertz CT molecular complexity index is 558. The van der Waals surface area contributed by atoms with Crippen LogP contribution >= 0.6 is 11.8 Å². The van der Waals surface area contributed by atoms with Crippen molar-refractivity contribution in [2.45, 2.75) is 18.9 Å². The second-order valence-corrected chi connectivity index (χ2v) is 5.82. The number of hydrogen-bond donors (Lipinski definition) is 2. The Hall–Kier alpha value is -1.42. The summed E-state index contributed by atoms with van der Waals surface area (Å²) < 4.78 is 0. The van der Waals surface area contributed by atoms with Crippen LogP contribution in [0.1, 0.15) is 23.2 Å². The van der Waals surface area contributed by atoms with E-state index in [1.165, 1.54) is 12.2 Å². The quantitative estimate of drug-likeness (QED) is 0.872. The van der Waals surface area contributed by atoms with Gasteiger partial charge in [0, 0.05) is 34.5 Å². The largest absolute Gasteiger partial charge is 0.361 e. The van der Waals surface area contributed by atoms with Gasteiger partial charge < -0.3 is 10.3 Å². The van der Waals surface area contributed by atoms with Crippen LogP contribution in [-0.2, 0) is 0 Å². The van der Waals surface area contributed by atoms with Crippen molar-refractivity contribution in [3.63, 3.8) is 0 Å². The molecule has 1 atom stereocenters. The Labute approximate surface area is 110 Å². The van der Waals surface area contributed by atoms with Crippen molar-refractivity contribution in [2.24, 2.45) is 0 Å². The number of aromatic nitrogens is 1. The van der Waals surface area contributed by atoms with Gasteiger partial charge in [0.25, 0.3) is 5.91 Å². The molecule has 1 aromatic heterocycles. The molecule has 1 aliphatic heterocycles. The Morgan fingerprint density at radius 1 is 1.39 bits per heavy atom. The van der Waals surface area contributed by atoms with Crippen molar-refractivity contribution in [3.8, 4) is 0 Å². The Balaban J connectivity index is 1.74. The zero-order valence-electron chi connectivity index (χ0n) is 10.1. The summed E-state index contributed by atoms with van der Waals surface area (Å²) in [5.41, 5.74) is 1.82. The van der Waals surface area contributed by atoms with Gasteiger partial charge in [-0.3, -0.25) is 4.79 Å². The Kier molecular flexibility index (Phi) is 3.28. The number of nitrogens with one attached hydrogen (secondary N) is 2. The smallest absolute Gasteiger partial charge is 0.251 e. The first kappa shape index (κ1) is 11.7. The highest BCUT2D eigenvalue weighted by Gasteiger charge is 2.17. The average Bonchev–Trinajstić information content (AvgIpc) is 2.87. The molecule has 3 rings (SSSR count). The van der Waals surface area contributed by atoms with E-state index in [4.69, 9.17) is 0 Å². The van der Waals surface area contributed by atoms with Crippen molar-refractivity contribution in [1.29, 1.82) is 0 Å². The molecule has 0 aliphatic carbocycles. The van der Waals surface area contributed by atoms with Crippen LogP contribution in [0, 0.1) is 0 Å². The molecule has 2 aromatic rings. The summed E-state index contributed by atoms with van der Waals surface area (Å²) in [6, 6.07) is 8.10. The van der Waals surface area contributed by atoms with Gasteiger partial charge in [0.2, 0.25) is 0 Å². The van der Waals surface area contributed by atoms with Crippen LogP contribution in [-0.4, -0.2) is 28.4 Å². The highest BCUT2D eigenvalue weighted by atomic mass is 32.2. The summed E-state index contributed by atoms with van der Waals surface area (Å²) in [6.07, 6.45) is 4.20. The third-order valence-corrected chi connectivity index (χ3v) is 4.53. The van der Waals surface area contributed by atoms with E-state index in [0.29, 0.717) is 6.04 Å². The molecular weight excluding hydrogens is 244 g/mol. The minimum atomic E-state index is 0.0469. The summed E-state index contributed by atoms with van der Waals surface area (Å²) >= 11 is 1.92. The van der Waals surface area contributed by atoms with Gasteiger partial charge in [0.05, 0.1) is 0 Å². The maximum absolute atomic E-state index is 12.1. The minimum absolute atomic E-state index is 0.0469. The van der Waals surface area contributed by atoms with Crippen LogP contribution in [0.25, 0.3) is 10.9 Å². The molecule has 94 valence electrons. The summed E-state index contributed by atoms with van der Waals surface area (Å²) in [6.45, 7) is 0. The summed E-state index contributed by atoms with van der Waals surface area (Å²) in [5.74, 6) is 2.31. The molecule has 3 nitrogen and oxygen atoms in total. The number of thioether (sulfide) groups is 1. The molecule has 2 heterocycles. The van der Waals surface area contributed by atoms with Gasteiger partial charge >= 0.3 is 0 Å². The zero-order valence-corrected chi connectivity index (χ0v) is 10.9. The molecule has 1 aliphatic rings. The fourth-order valence-corrected chi connectivity index (χ4v) is 3.39. The van der Waals surface area contributed by atoms with Crippen LogP contribution in [0.15, 0.2) is 30.5 Å². The molecule has 1 unspecified atom stereocenters. The van der Waals surface area contributed by atoms with Crippen molar-refractivity contribution in [2.75, 3.05) is 11.5 Å². The van der Waals surface area contributed by atoms with Gasteiger partial charge in [-0.05, 0) is 42.9 Å². The number of fused-ring (bicyclic) bond motifs is 1. The number of hydrogen-bond acceptors (Lipinski definition) is 2. The Morgan fingerprint density at radius 2 is 2.33 bits per heavy atom. The maximum atomic E-state index is 12.1. The topological polar surface area (TPSA) is 44.9 Å². The fraction of sp³-hybridized carbons (Fsp3) is 0.357. The number of benzene rings is 1. The molecule has 0 saturated carbocycles. The summed E-state index contributed by atoms with van der Waals surface area (Å²) in [5, 5.41) is 4.21. The van der Waals surface area contributed by atoms with E-state index in [1.54, 1.807) is 0 Å². The number of aromatic amines is 1. The van der Waals surface area contributed by atoms with Crippen LogP contribution in [0.4, 0.5) is 0 Å². The van der Waals surface area contributed by atoms with Crippen LogP contribution in [0.3, 0.4) is 0 Å². The molecule has 4 heteroatoms. The van der Waals surface area contributed by atoms with E-state index in [0.717, 1.165) is 28.6 Å². The molecule has 18 heavy (non-hydrogen) atoms. The van der Waals surface area contributed by atoms with E-state index in [9.17, 15) is 4.79 Å². The van der Waals surface area contributed by atoms with Gasteiger partial charge in [-0.25, -0.2) is 0 Å². The monoisotopic (exact) mass is 260 g/mol. The lowest BCUT2D eigenvalue weighted by atomic mass is 10.1. The van der Waals surface area contributed by atoms with E-state index in [-0.39, 0.29) is 5.91 Å². The first-order valence-electron chi connectivity index (χ1n) is 6.29. The van der Waals surface area contributed by atoms with Crippen LogP contribution in [0.2, 0.25) is 0 Å². The molecule has 2 N–H and O–H groups in total. The zero-order chi connectivity index (χ0) is 12.4. The summed E-state index contributed by atoms with van der Waals surface area (Å²) in [4.78, 5) is 15.3. The number of carbonyl (C=O) groups is 1. The standard InChI is InChI=1S/C14H16N2OS/c17-14(16-12-2-1-7-18-9-12)11-3-4-13-10(8-11)5-6-15-13/h3-6,8,12,15H,1-2,7,9H2,(H,16,17). The van der Waals surface area contributed by atoms with Gasteiger partial charge in [-0.2, -0.15) is 11.8 Å². The lowest BCUT2D eigenvalue weighted by Gasteiger charge is -2.22. The minimum Gasteiger partial charge on any atom is -0.361 e. The van der Waals surface area contributed by atoms with Gasteiger partial charge in [-0.15, -0.1) is 0 Å². The van der Waals surface area contributed by atoms with E-state index < -0.39 is 0 Å². The number of rotatable bonds is 2. The fourth-order valence-electron chi connectivity index (χ4n) is 2.32. The van der Waals surface area contributed by atoms with Gasteiger partial charge in [-0.1, -0.05) is 0 Å². The molecule has 1 amide bonds. The third kappa shape index (κ3) is 2.38. The molecule has 1 saturated heterocycles. The number of amides is 1. The molecule has 1 fully saturated rings. The molecule has 0 bridgehead atoms. The predicted molar refractivity (Wildman–Crippen MR) is 76.1 cm³/mol. The molecule has 1 aromatic carbocycles. The van der Waals surface area contributed by atoms with E-state index in [2.05, 4.69) is 10.3 Å².